The van der Waals surface area contributed by atoms with Crippen LogP contribution in [-0.4, -0.2) is 30.0 Å². The molecular formula is C12H24OS+. The summed E-state index contributed by atoms with van der Waals surface area (Å²) in [6.07, 6.45) is 8.23. The van der Waals surface area contributed by atoms with Crippen molar-refractivity contribution in [3.8, 4) is 0 Å². The Labute approximate surface area is 92.0 Å². The van der Waals surface area contributed by atoms with Crippen LogP contribution in [0.5, 0.6) is 0 Å². The molecule has 1 rings (SSSR count). The summed E-state index contributed by atoms with van der Waals surface area (Å²) in [6.45, 7) is 5.47. The van der Waals surface area contributed by atoms with Crippen molar-refractivity contribution in [1.82, 2.24) is 0 Å². The fourth-order valence-corrected chi connectivity index (χ4v) is 4.28. The highest BCUT2D eigenvalue weighted by Crippen LogP contribution is 2.16. The molecule has 83 valence electrons. The highest BCUT2D eigenvalue weighted by atomic mass is 32.2. The minimum absolute atomic E-state index is 0.593. The highest BCUT2D eigenvalue weighted by Gasteiger charge is 2.25. The molecule has 14 heavy (non-hydrogen) atoms. The molecule has 1 aliphatic heterocycles. The average molecular weight is 216 g/mol. The van der Waals surface area contributed by atoms with Gasteiger partial charge in [0.2, 0.25) is 0 Å². The standard InChI is InChI=1S/C12H24OS/c1-3-5-10-14(9-4-2)11-12-7-6-8-13-12/h4,12H,3,5-11H2,1-2H3/q+1. The van der Waals surface area contributed by atoms with Crippen molar-refractivity contribution in [3.63, 3.8) is 0 Å². The van der Waals surface area contributed by atoms with Crippen LogP contribution in [0.1, 0.15) is 39.5 Å². The molecular weight excluding hydrogens is 192 g/mol. The smallest absolute Gasteiger partial charge is 0.134 e. The van der Waals surface area contributed by atoms with Gasteiger partial charge >= 0.3 is 0 Å². The Morgan fingerprint density at radius 1 is 1.50 bits per heavy atom. The molecule has 0 N–H and O–H groups in total. The Bertz CT molecular complexity index is 132. The van der Waals surface area contributed by atoms with Crippen molar-refractivity contribution in [2.45, 2.75) is 45.6 Å². The fourth-order valence-electron chi connectivity index (χ4n) is 1.86. The molecule has 0 aromatic carbocycles. The zero-order valence-electron chi connectivity index (χ0n) is 9.63. The zero-order chi connectivity index (χ0) is 10.2. The van der Waals surface area contributed by atoms with Crippen molar-refractivity contribution in [3.05, 3.63) is 6.42 Å². The number of hydrogen-bond donors (Lipinski definition) is 0. The second-order valence-corrected chi connectivity index (χ2v) is 6.35. The van der Waals surface area contributed by atoms with E-state index in [0.29, 0.717) is 17.0 Å². The van der Waals surface area contributed by atoms with Gasteiger partial charge in [-0.15, -0.1) is 0 Å². The second-order valence-electron chi connectivity index (χ2n) is 4.05. The van der Waals surface area contributed by atoms with E-state index in [1.54, 1.807) is 0 Å². The van der Waals surface area contributed by atoms with E-state index in [0.717, 1.165) is 6.61 Å². The third-order valence-electron chi connectivity index (χ3n) is 2.63. The molecule has 1 saturated heterocycles. The van der Waals surface area contributed by atoms with Crippen LogP contribution in [0, 0.1) is 6.42 Å². The first-order valence-electron chi connectivity index (χ1n) is 5.90. The highest BCUT2D eigenvalue weighted by molar-refractivity contribution is 7.96. The lowest BCUT2D eigenvalue weighted by Gasteiger charge is -2.11. The van der Waals surface area contributed by atoms with E-state index >= 15 is 0 Å². The largest absolute Gasteiger partial charge is 0.373 e. The number of ether oxygens (including phenoxy) is 1. The van der Waals surface area contributed by atoms with Gasteiger partial charge in [0.1, 0.15) is 23.4 Å². The van der Waals surface area contributed by atoms with Gasteiger partial charge in [-0.05, 0) is 30.2 Å². The van der Waals surface area contributed by atoms with E-state index in [2.05, 4.69) is 20.3 Å². The summed E-state index contributed by atoms with van der Waals surface area (Å²) in [7, 11) is 0.605. The first-order chi connectivity index (χ1) is 6.86. The quantitative estimate of drug-likeness (QED) is 0.595. The van der Waals surface area contributed by atoms with E-state index in [4.69, 9.17) is 4.74 Å². The van der Waals surface area contributed by atoms with Crippen molar-refractivity contribution in [2.75, 3.05) is 23.9 Å². The second kappa shape index (κ2) is 7.58. The summed E-state index contributed by atoms with van der Waals surface area (Å²) in [5.74, 6) is 4.05. The lowest BCUT2D eigenvalue weighted by molar-refractivity contribution is 0.128. The van der Waals surface area contributed by atoms with Crippen LogP contribution >= 0.6 is 0 Å². The third-order valence-corrected chi connectivity index (χ3v) is 5.15. The molecule has 0 bridgehead atoms. The molecule has 1 fully saturated rings. The van der Waals surface area contributed by atoms with Crippen LogP contribution in [-0.2, 0) is 15.6 Å². The van der Waals surface area contributed by atoms with Crippen LogP contribution in [0.15, 0.2) is 0 Å². The molecule has 1 heterocycles. The predicted molar refractivity (Wildman–Crippen MR) is 65.8 cm³/mol. The maximum atomic E-state index is 5.70. The molecule has 2 unspecified atom stereocenters. The topological polar surface area (TPSA) is 9.23 Å². The monoisotopic (exact) mass is 216 g/mol. The van der Waals surface area contributed by atoms with Gasteiger partial charge < -0.3 is 4.74 Å². The maximum Gasteiger partial charge on any atom is 0.134 e. The van der Waals surface area contributed by atoms with E-state index in [1.807, 2.05) is 0 Å². The van der Waals surface area contributed by atoms with Crippen molar-refractivity contribution in [2.24, 2.45) is 0 Å². The Balaban J connectivity index is 2.18. The molecule has 2 heteroatoms. The molecule has 2 atom stereocenters. The predicted octanol–water partition coefficient (Wildman–Crippen LogP) is 2.81. The van der Waals surface area contributed by atoms with Gasteiger partial charge in [-0.25, -0.2) is 0 Å². The SMILES string of the molecule is C[CH]C[S+](CCCC)CC1CCCO1. The van der Waals surface area contributed by atoms with E-state index in [9.17, 15) is 0 Å². The van der Waals surface area contributed by atoms with Gasteiger partial charge in [0.25, 0.3) is 0 Å². The van der Waals surface area contributed by atoms with E-state index in [1.165, 1.54) is 42.9 Å². The summed E-state index contributed by atoms with van der Waals surface area (Å²) in [4.78, 5) is 0. The van der Waals surface area contributed by atoms with Crippen LogP contribution in [0.25, 0.3) is 0 Å². The number of unbranched alkanes of at least 4 members (excludes halogenated alkanes) is 1. The van der Waals surface area contributed by atoms with Crippen molar-refractivity contribution < 1.29 is 4.74 Å². The van der Waals surface area contributed by atoms with Gasteiger partial charge in [0.15, 0.2) is 0 Å². The molecule has 0 aromatic rings. The third kappa shape index (κ3) is 4.70. The van der Waals surface area contributed by atoms with Crippen LogP contribution in [0.2, 0.25) is 0 Å². The summed E-state index contributed by atoms with van der Waals surface area (Å²) in [6, 6.07) is 0. The van der Waals surface area contributed by atoms with Gasteiger partial charge in [0.05, 0.1) is 0 Å². The van der Waals surface area contributed by atoms with E-state index < -0.39 is 0 Å². The first kappa shape index (κ1) is 12.4. The van der Waals surface area contributed by atoms with Gasteiger partial charge in [-0.1, -0.05) is 20.3 Å². The summed E-state index contributed by atoms with van der Waals surface area (Å²) < 4.78 is 5.70. The molecule has 0 spiro atoms. The number of hydrogen-bond acceptors (Lipinski definition) is 1. The maximum absolute atomic E-state index is 5.70. The normalized spacial score (nSPS) is 24.0. The Morgan fingerprint density at radius 2 is 2.36 bits per heavy atom. The molecule has 1 aliphatic rings. The summed E-state index contributed by atoms with van der Waals surface area (Å²) >= 11 is 0. The van der Waals surface area contributed by atoms with Crippen molar-refractivity contribution >= 4 is 10.9 Å². The lowest BCUT2D eigenvalue weighted by Crippen LogP contribution is -2.25. The van der Waals surface area contributed by atoms with Crippen LogP contribution in [0.4, 0.5) is 0 Å². The zero-order valence-corrected chi connectivity index (χ0v) is 10.4. The van der Waals surface area contributed by atoms with Crippen molar-refractivity contribution in [1.29, 1.82) is 0 Å². The molecule has 0 aromatic heterocycles. The molecule has 1 radical (unpaired) electrons. The van der Waals surface area contributed by atoms with Crippen LogP contribution in [0.3, 0.4) is 0 Å². The fraction of sp³-hybridized carbons (Fsp3) is 0.917. The first-order valence-corrected chi connectivity index (χ1v) is 7.63. The minimum Gasteiger partial charge on any atom is -0.373 e. The molecule has 1 nitrogen and oxygen atoms in total. The summed E-state index contributed by atoms with van der Waals surface area (Å²) in [5.41, 5.74) is 0. The van der Waals surface area contributed by atoms with Crippen LogP contribution < -0.4 is 0 Å². The van der Waals surface area contributed by atoms with Gasteiger partial charge in [-0.3, -0.25) is 0 Å². The molecule has 0 saturated carbocycles. The Hall–Kier alpha value is 0.310. The number of rotatable bonds is 7. The van der Waals surface area contributed by atoms with Gasteiger partial charge in [0, 0.05) is 13.0 Å². The average Bonchev–Trinajstić information content (AvgIpc) is 2.67. The summed E-state index contributed by atoms with van der Waals surface area (Å²) in [5, 5.41) is 0. The molecule has 0 amide bonds. The lowest BCUT2D eigenvalue weighted by atomic mass is 10.3. The Morgan fingerprint density at radius 3 is 2.93 bits per heavy atom. The molecule has 0 aliphatic carbocycles. The Kier molecular flexibility index (Phi) is 6.70. The van der Waals surface area contributed by atoms with E-state index in [-0.39, 0.29) is 0 Å². The minimum atomic E-state index is 0.593. The van der Waals surface area contributed by atoms with Gasteiger partial charge in [-0.2, -0.15) is 0 Å².